The molecule has 3 aromatic rings. The van der Waals surface area contributed by atoms with E-state index in [4.69, 9.17) is 27.3 Å². The van der Waals surface area contributed by atoms with Gasteiger partial charge in [-0.15, -0.1) is 0 Å². The van der Waals surface area contributed by atoms with Crippen molar-refractivity contribution >= 4 is 34.2 Å². The number of nitrogens with zero attached hydrogens (tertiary/aromatic N) is 5. The number of aliphatic imine (C=N–C) groups is 1. The van der Waals surface area contributed by atoms with Crippen molar-refractivity contribution in [2.24, 2.45) is 16.1 Å². The van der Waals surface area contributed by atoms with E-state index in [1.165, 1.54) is 22.9 Å². The fourth-order valence-corrected chi connectivity index (χ4v) is 6.81. The number of hydrogen-bond donors (Lipinski definition) is 2. The molecule has 3 N–H and O–H groups in total. The minimum Gasteiger partial charge on any atom is -0.390 e. The second kappa shape index (κ2) is 8.85. The van der Waals surface area contributed by atoms with Crippen LogP contribution in [0.3, 0.4) is 0 Å². The molecule has 0 saturated carbocycles. The lowest BCUT2D eigenvalue weighted by Crippen LogP contribution is -2.45. The highest BCUT2D eigenvalue weighted by Gasteiger charge is 2.46. The molecule has 0 unspecified atom stereocenters. The molecule has 1 aliphatic carbocycles. The molecule has 4 heterocycles. The Morgan fingerprint density at radius 1 is 1.20 bits per heavy atom. The number of piperidine rings is 1. The Bertz CT molecular complexity index is 1340. The first-order chi connectivity index (χ1) is 17.0. The summed E-state index contributed by atoms with van der Waals surface area (Å²) in [5.74, 6) is 0.768. The van der Waals surface area contributed by atoms with E-state index in [9.17, 15) is 5.11 Å². The molecule has 9 heteroatoms. The molecule has 6 rings (SSSR count). The Morgan fingerprint density at radius 3 is 2.77 bits per heavy atom. The molecule has 2 aromatic heterocycles. The van der Waals surface area contributed by atoms with Crippen LogP contribution in [-0.4, -0.2) is 38.2 Å². The van der Waals surface area contributed by atoms with E-state index in [1.807, 2.05) is 13.0 Å². The number of anilines is 1. The van der Waals surface area contributed by atoms with E-state index >= 15 is 0 Å². The van der Waals surface area contributed by atoms with E-state index in [0.717, 1.165) is 65.2 Å². The summed E-state index contributed by atoms with van der Waals surface area (Å²) in [7, 11) is 0. The Balaban J connectivity index is 1.22. The zero-order valence-corrected chi connectivity index (χ0v) is 21.1. The molecular formula is C26H27ClN6OS. The van der Waals surface area contributed by atoms with Gasteiger partial charge >= 0.3 is 0 Å². The van der Waals surface area contributed by atoms with E-state index in [2.05, 4.69) is 39.1 Å². The number of fused-ring (bicyclic) bond motifs is 2. The summed E-state index contributed by atoms with van der Waals surface area (Å²) in [5.41, 5.74) is 12.5. The second-order valence-electron chi connectivity index (χ2n) is 9.58. The maximum atomic E-state index is 10.2. The Hall–Kier alpha value is -2.52. The summed E-state index contributed by atoms with van der Waals surface area (Å²) in [4.78, 5) is 21.8. The van der Waals surface area contributed by atoms with Gasteiger partial charge < -0.3 is 15.7 Å². The third-order valence-corrected chi connectivity index (χ3v) is 9.29. The van der Waals surface area contributed by atoms with Crippen LogP contribution in [0.15, 0.2) is 46.4 Å². The topological polar surface area (TPSA) is 101 Å². The van der Waals surface area contributed by atoms with Crippen molar-refractivity contribution in [3.63, 3.8) is 0 Å². The number of hydrogen-bond acceptors (Lipinski definition) is 8. The first-order valence-electron chi connectivity index (χ1n) is 11.9. The molecule has 35 heavy (non-hydrogen) atoms. The highest BCUT2D eigenvalue weighted by molar-refractivity contribution is 8.14. The van der Waals surface area contributed by atoms with Crippen LogP contribution in [-0.2, 0) is 19.6 Å². The van der Waals surface area contributed by atoms with Crippen LogP contribution in [0.25, 0.3) is 0 Å². The van der Waals surface area contributed by atoms with Gasteiger partial charge in [0.2, 0.25) is 0 Å². The number of nitrogens with two attached hydrogens (primary N) is 1. The quantitative estimate of drug-likeness (QED) is 0.548. The average Bonchev–Trinajstić information content (AvgIpc) is 3.39. The molecule has 7 nitrogen and oxygen atoms in total. The van der Waals surface area contributed by atoms with Crippen molar-refractivity contribution in [1.82, 2.24) is 15.0 Å². The number of aryl methyl sites for hydroxylation is 1. The lowest BCUT2D eigenvalue weighted by molar-refractivity contribution is 0.186. The summed E-state index contributed by atoms with van der Waals surface area (Å²) >= 11 is 7.91. The highest BCUT2D eigenvalue weighted by atomic mass is 35.5. The SMILES string of the molecule is Cc1nccc(SC2=NCc3nc(N4CCC5(CC4)Cc4ccccc4[C@H]5N)c(CO)nc32)c1Cl. The molecule has 3 aliphatic rings. The minimum atomic E-state index is -0.171. The van der Waals surface area contributed by atoms with Crippen molar-refractivity contribution in [3.05, 3.63) is 75.5 Å². The number of pyridine rings is 1. The van der Waals surface area contributed by atoms with Crippen LogP contribution in [0.4, 0.5) is 5.82 Å². The van der Waals surface area contributed by atoms with E-state index in [-0.39, 0.29) is 18.1 Å². The van der Waals surface area contributed by atoms with Crippen LogP contribution >= 0.6 is 23.4 Å². The largest absolute Gasteiger partial charge is 0.390 e. The Labute approximate surface area is 213 Å². The van der Waals surface area contributed by atoms with Gasteiger partial charge in [-0.25, -0.2) is 9.97 Å². The van der Waals surface area contributed by atoms with Gasteiger partial charge in [-0.1, -0.05) is 47.6 Å². The summed E-state index contributed by atoms with van der Waals surface area (Å²) in [6, 6.07) is 10.5. The minimum absolute atomic E-state index is 0.0703. The maximum Gasteiger partial charge on any atom is 0.153 e. The van der Waals surface area contributed by atoms with Crippen molar-refractivity contribution in [3.8, 4) is 0 Å². The van der Waals surface area contributed by atoms with Gasteiger partial charge in [-0.3, -0.25) is 9.98 Å². The van der Waals surface area contributed by atoms with Gasteiger partial charge in [0.15, 0.2) is 5.82 Å². The molecule has 1 fully saturated rings. The van der Waals surface area contributed by atoms with Crippen LogP contribution < -0.4 is 10.6 Å². The second-order valence-corrected chi connectivity index (χ2v) is 11.0. The highest BCUT2D eigenvalue weighted by Crippen LogP contribution is 2.51. The lowest BCUT2D eigenvalue weighted by atomic mass is 9.73. The van der Waals surface area contributed by atoms with Gasteiger partial charge in [0.25, 0.3) is 0 Å². The Morgan fingerprint density at radius 2 is 2.00 bits per heavy atom. The predicted molar refractivity (Wildman–Crippen MR) is 139 cm³/mol. The maximum absolute atomic E-state index is 10.2. The molecule has 1 aromatic carbocycles. The summed E-state index contributed by atoms with van der Waals surface area (Å²) in [6.45, 7) is 3.87. The Kier molecular flexibility index (Phi) is 5.79. The van der Waals surface area contributed by atoms with Gasteiger partial charge in [-0.2, -0.15) is 0 Å². The first kappa shape index (κ1) is 22.9. The van der Waals surface area contributed by atoms with Crippen molar-refractivity contribution in [1.29, 1.82) is 0 Å². The molecule has 0 bridgehead atoms. The third-order valence-electron chi connectivity index (χ3n) is 7.63. The number of rotatable bonds is 3. The molecule has 2 aliphatic heterocycles. The number of benzene rings is 1. The normalized spacial score (nSPS) is 20.2. The summed E-state index contributed by atoms with van der Waals surface area (Å²) < 4.78 is 0. The number of aliphatic hydroxyl groups excluding tert-OH is 1. The van der Waals surface area contributed by atoms with Gasteiger partial charge in [0.05, 0.1) is 29.6 Å². The van der Waals surface area contributed by atoms with Crippen LogP contribution in [0.5, 0.6) is 0 Å². The first-order valence-corrected chi connectivity index (χ1v) is 13.1. The predicted octanol–water partition coefficient (Wildman–Crippen LogP) is 4.22. The lowest BCUT2D eigenvalue weighted by Gasteiger charge is -2.43. The van der Waals surface area contributed by atoms with Crippen molar-refractivity contribution < 1.29 is 5.11 Å². The fraction of sp³-hybridized carbons (Fsp3) is 0.385. The molecule has 0 amide bonds. The van der Waals surface area contributed by atoms with E-state index < -0.39 is 0 Å². The number of halogens is 1. The standard InChI is InChI=1S/C26H27ClN6OS/c1-15-21(27)20(6-9-29-15)35-25-22-18(13-30-25)32-24(19(14-34)31-22)33-10-7-26(8-11-33)12-16-4-2-3-5-17(16)23(26)28/h2-6,9,23,34H,7-8,10-14,28H2,1H3/t23-/m1/s1. The average molecular weight is 507 g/mol. The molecule has 1 atom stereocenters. The van der Waals surface area contributed by atoms with Crippen LogP contribution in [0.2, 0.25) is 5.02 Å². The molecule has 1 spiro atoms. The summed E-state index contributed by atoms with van der Waals surface area (Å²) in [6.07, 6.45) is 4.76. The fourth-order valence-electron chi connectivity index (χ4n) is 5.61. The number of aromatic nitrogens is 3. The van der Waals surface area contributed by atoms with Crippen LogP contribution in [0.1, 0.15) is 52.8 Å². The molecular weight excluding hydrogens is 480 g/mol. The van der Waals surface area contributed by atoms with E-state index in [1.54, 1.807) is 6.20 Å². The zero-order chi connectivity index (χ0) is 24.2. The zero-order valence-electron chi connectivity index (χ0n) is 19.5. The molecule has 0 radical (unpaired) electrons. The number of aliphatic hydroxyl groups is 1. The van der Waals surface area contributed by atoms with Gasteiger partial charge in [0, 0.05) is 30.2 Å². The smallest absolute Gasteiger partial charge is 0.153 e. The van der Waals surface area contributed by atoms with Crippen LogP contribution in [0, 0.1) is 12.3 Å². The molecule has 180 valence electrons. The van der Waals surface area contributed by atoms with Crippen molar-refractivity contribution in [2.45, 2.75) is 50.3 Å². The van der Waals surface area contributed by atoms with Gasteiger partial charge in [-0.05, 0) is 48.8 Å². The number of thioether (sulfide) groups is 1. The monoisotopic (exact) mass is 506 g/mol. The third kappa shape index (κ3) is 3.83. The summed E-state index contributed by atoms with van der Waals surface area (Å²) in [5, 5.41) is 11.6. The van der Waals surface area contributed by atoms with Crippen molar-refractivity contribution in [2.75, 3.05) is 18.0 Å². The van der Waals surface area contributed by atoms with Gasteiger partial charge in [0.1, 0.15) is 16.4 Å². The van der Waals surface area contributed by atoms with E-state index in [0.29, 0.717) is 17.3 Å². The molecule has 1 saturated heterocycles.